The van der Waals surface area contributed by atoms with Crippen molar-refractivity contribution >= 4 is 11.6 Å². The van der Waals surface area contributed by atoms with Crippen molar-refractivity contribution in [3.63, 3.8) is 0 Å². The van der Waals surface area contributed by atoms with E-state index in [-0.39, 0.29) is 24.0 Å². The Kier molecular flexibility index (Phi) is 5.12. The van der Waals surface area contributed by atoms with E-state index in [0.29, 0.717) is 12.5 Å². The summed E-state index contributed by atoms with van der Waals surface area (Å²) < 4.78 is 6.09. The number of carbonyl (C=O) groups excluding carboxylic acids is 1. The number of fused-ring (bicyclic) bond motifs is 1. The highest BCUT2D eigenvalue weighted by Crippen LogP contribution is 2.36. The molecule has 1 aromatic rings. The second-order valence-corrected chi connectivity index (χ2v) is 6.99. The summed E-state index contributed by atoms with van der Waals surface area (Å²) in [6.45, 7) is 10.7. The Morgan fingerprint density at radius 1 is 1.32 bits per heavy atom. The molecule has 0 aliphatic carbocycles. The topological polar surface area (TPSA) is 55.6 Å². The average Bonchev–Trinajstić information content (AvgIpc) is 2.44. The molecule has 0 aromatic heterocycles. The fraction of sp³-hybridized carbons (Fsp3) is 0.611. The number of hydrogen-bond acceptors (Lipinski definition) is 3. The summed E-state index contributed by atoms with van der Waals surface area (Å²) in [5.41, 5.74) is 7.92. The van der Waals surface area contributed by atoms with Crippen LogP contribution in [0.5, 0.6) is 5.75 Å². The van der Waals surface area contributed by atoms with Crippen molar-refractivity contribution in [2.45, 2.75) is 53.2 Å². The van der Waals surface area contributed by atoms with Crippen molar-refractivity contribution in [2.24, 2.45) is 17.6 Å². The van der Waals surface area contributed by atoms with Crippen LogP contribution in [-0.2, 0) is 11.2 Å². The monoisotopic (exact) mass is 304 g/mol. The average molecular weight is 304 g/mol. The van der Waals surface area contributed by atoms with Crippen LogP contribution in [0.2, 0.25) is 0 Å². The summed E-state index contributed by atoms with van der Waals surface area (Å²) in [5.74, 6) is 1.27. The molecule has 4 heteroatoms. The van der Waals surface area contributed by atoms with E-state index in [4.69, 9.17) is 10.5 Å². The van der Waals surface area contributed by atoms with Crippen LogP contribution in [0.1, 0.15) is 40.2 Å². The molecule has 2 unspecified atom stereocenters. The predicted molar refractivity (Wildman–Crippen MR) is 90.2 cm³/mol. The lowest BCUT2D eigenvalue weighted by molar-refractivity contribution is -0.122. The third-order valence-electron chi connectivity index (χ3n) is 4.02. The summed E-state index contributed by atoms with van der Waals surface area (Å²) >= 11 is 0. The molecule has 1 aliphatic heterocycles. The van der Waals surface area contributed by atoms with Crippen LogP contribution in [-0.4, -0.2) is 24.6 Å². The number of amides is 1. The first-order valence-electron chi connectivity index (χ1n) is 8.16. The van der Waals surface area contributed by atoms with Gasteiger partial charge in [0.1, 0.15) is 11.9 Å². The molecule has 1 amide bonds. The van der Waals surface area contributed by atoms with Gasteiger partial charge in [-0.3, -0.25) is 4.79 Å². The summed E-state index contributed by atoms with van der Waals surface area (Å²) in [6.07, 6.45) is 0.833. The van der Waals surface area contributed by atoms with Crippen molar-refractivity contribution in [3.8, 4) is 5.75 Å². The van der Waals surface area contributed by atoms with Crippen molar-refractivity contribution < 1.29 is 9.53 Å². The number of nitrogens with two attached hydrogens (primary N) is 1. The molecule has 0 fully saturated rings. The van der Waals surface area contributed by atoms with Gasteiger partial charge < -0.3 is 15.4 Å². The van der Waals surface area contributed by atoms with Gasteiger partial charge in [-0.15, -0.1) is 0 Å². The minimum absolute atomic E-state index is 0.0316. The fourth-order valence-corrected chi connectivity index (χ4v) is 2.72. The Bertz CT molecular complexity index is 538. The molecule has 122 valence electrons. The lowest BCUT2D eigenvalue weighted by Crippen LogP contribution is -2.47. The van der Waals surface area contributed by atoms with Crippen LogP contribution in [0.25, 0.3) is 0 Å². The molecule has 0 radical (unpaired) electrons. The quantitative estimate of drug-likeness (QED) is 0.930. The van der Waals surface area contributed by atoms with E-state index in [0.717, 1.165) is 23.4 Å². The highest BCUT2D eigenvalue weighted by molar-refractivity contribution is 5.96. The van der Waals surface area contributed by atoms with Gasteiger partial charge in [-0.25, -0.2) is 0 Å². The lowest BCUT2D eigenvalue weighted by Gasteiger charge is -2.37. The maximum Gasteiger partial charge on any atom is 0.229 e. The number of carbonyl (C=O) groups is 1. The van der Waals surface area contributed by atoms with Gasteiger partial charge in [-0.05, 0) is 37.0 Å². The maximum absolute atomic E-state index is 12.6. The molecule has 1 heterocycles. The van der Waals surface area contributed by atoms with Gasteiger partial charge in [0.05, 0.1) is 12.2 Å². The van der Waals surface area contributed by atoms with Crippen LogP contribution in [0.3, 0.4) is 0 Å². The van der Waals surface area contributed by atoms with Gasteiger partial charge >= 0.3 is 0 Å². The maximum atomic E-state index is 12.6. The fourth-order valence-electron chi connectivity index (χ4n) is 2.72. The standard InChI is InChI=1S/C18H28N2O2/c1-11(2)17-10-20(18(21)12(3)4)15-9-14(8-13(5)19)6-7-16(15)22-17/h6-7,9,11-13,17H,8,10,19H2,1-5H3. The minimum Gasteiger partial charge on any atom is -0.486 e. The second kappa shape index (κ2) is 6.69. The molecule has 4 nitrogen and oxygen atoms in total. The molecule has 0 saturated carbocycles. The highest BCUT2D eigenvalue weighted by atomic mass is 16.5. The summed E-state index contributed by atoms with van der Waals surface area (Å²) in [5, 5.41) is 0. The van der Waals surface area contributed by atoms with Gasteiger partial charge in [-0.2, -0.15) is 0 Å². The molecule has 2 N–H and O–H groups in total. The first kappa shape index (κ1) is 16.8. The zero-order valence-electron chi connectivity index (χ0n) is 14.3. The molecule has 0 bridgehead atoms. The zero-order chi connectivity index (χ0) is 16.4. The number of anilines is 1. The first-order chi connectivity index (χ1) is 10.3. The lowest BCUT2D eigenvalue weighted by atomic mass is 10.0. The van der Waals surface area contributed by atoms with E-state index in [1.54, 1.807) is 0 Å². The highest BCUT2D eigenvalue weighted by Gasteiger charge is 2.32. The van der Waals surface area contributed by atoms with Crippen LogP contribution < -0.4 is 15.4 Å². The number of rotatable bonds is 4. The molecule has 2 rings (SSSR count). The number of benzene rings is 1. The molecule has 0 saturated heterocycles. The molecule has 0 spiro atoms. The molecule has 22 heavy (non-hydrogen) atoms. The van der Waals surface area contributed by atoms with Crippen molar-refractivity contribution in [2.75, 3.05) is 11.4 Å². The van der Waals surface area contributed by atoms with Gasteiger partial charge in [0, 0.05) is 12.0 Å². The van der Waals surface area contributed by atoms with Crippen molar-refractivity contribution in [3.05, 3.63) is 23.8 Å². The SMILES string of the molecule is CC(N)Cc1ccc2c(c1)N(C(=O)C(C)C)CC(C(C)C)O2. The predicted octanol–water partition coefficient (Wildman–Crippen LogP) is 2.98. The Morgan fingerprint density at radius 3 is 2.55 bits per heavy atom. The molecule has 1 aliphatic rings. The number of hydrogen-bond donors (Lipinski definition) is 1. The van der Waals surface area contributed by atoms with E-state index >= 15 is 0 Å². The zero-order valence-corrected chi connectivity index (χ0v) is 14.3. The smallest absolute Gasteiger partial charge is 0.229 e. The van der Waals surface area contributed by atoms with Crippen LogP contribution in [0.15, 0.2) is 18.2 Å². The molecule has 1 aromatic carbocycles. The van der Waals surface area contributed by atoms with Gasteiger partial charge in [0.2, 0.25) is 5.91 Å². The largest absolute Gasteiger partial charge is 0.486 e. The van der Waals surface area contributed by atoms with E-state index in [9.17, 15) is 4.79 Å². The van der Waals surface area contributed by atoms with Crippen LogP contribution >= 0.6 is 0 Å². The van der Waals surface area contributed by atoms with E-state index in [2.05, 4.69) is 19.9 Å². The molecule has 2 atom stereocenters. The van der Waals surface area contributed by atoms with Crippen molar-refractivity contribution in [1.29, 1.82) is 0 Å². The summed E-state index contributed by atoms with van der Waals surface area (Å²) in [7, 11) is 0. The first-order valence-corrected chi connectivity index (χ1v) is 8.16. The van der Waals surface area contributed by atoms with Crippen LogP contribution in [0, 0.1) is 11.8 Å². The van der Waals surface area contributed by atoms with E-state index in [1.807, 2.05) is 37.8 Å². The molecular formula is C18H28N2O2. The van der Waals surface area contributed by atoms with Crippen LogP contribution in [0.4, 0.5) is 5.69 Å². The van der Waals surface area contributed by atoms with Gasteiger partial charge in [0.15, 0.2) is 0 Å². The van der Waals surface area contributed by atoms with Gasteiger partial charge in [0.25, 0.3) is 0 Å². The van der Waals surface area contributed by atoms with E-state index < -0.39 is 0 Å². The number of nitrogens with zero attached hydrogens (tertiary/aromatic N) is 1. The third kappa shape index (κ3) is 3.61. The Labute approximate surface area is 133 Å². The Hall–Kier alpha value is -1.55. The Balaban J connectivity index is 2.39. The minimum atomic E-state index is -0.0316. The normalized spacial score (nSPS) is 19.1. The van der Waals surface area contributed by atoms with Gasteiger partial charge in [-0.1, -0.05) is 33.8 Å². The van der Waals surface area contributed by atoms with E-state index in [1.165, 1.54) is 0 Å². The Morgan fingerprint density at radius 2 is 2.00 bits per heavy atom. The summed E-state index contributed by atoms with van der Waals surface area (Å²) in [4.78, 5) is 14.5. The second-order valence-electron chi connectivity index (χ2n) is 6.99. The van der Waals surface area contributed by atoms with Crippen molar-refractivity contribution in [1.82, 2.24) is 0 Å². The number of ether oxygens (including phenoxy) is 1. The molecular weight excluding hydrogens is 276 g/mol. The summed E-state index contributed by atoms with van der Waals surface area (Å²) in [6, 6.07) is 6.17. The third-order valence-corrected chi connectivity index (χ3v) is 4.02.